The Bertz CT molecular complexity index is 822. The molecule has 0 atom stereocenters. The Morgan fingerprint density at radius 3 is 0.833 bits per heavy atom. The molecule has 0 heterocycles. The van der Waals surface area contributed by atoms with Crippen LogP contribution in [0.1, 0.15) is 329 Å². The lowest BCUT2D eigenvalue weighted by Crippen LogP contribution is -2.05. The van der Waals surface area contributed by atoms with Crippen molar-refractivity contribution in [3.05, 3.63) is 12.2 Å². The normalized spacial score (nSPS) is 11.3. The number of carboxylic acid groups (broad SMARTS) is 1. The minimum Gasteiger partial charge on any atom is -0.481 e. The number of hydrogen-bond acceptors (Lipinski definition) is 3. The number of allylic oxidation sites excluding steroid dienone is 2. The number of esters is 1. The molecule has 0 bridgehead atoms. The van der Waals surface area contributed by atoms with Crippen LogP contribution in [0.4, 0.5) is 0 Å². The van der Waals surface area contributed by atoms with Gasteiger partial charge in [0.25, 0.3) is 0 Å². The molecule has 0 aromatic rings. The summed E-state index contributed by atoms with van der Waals surface area (Å²) in [5.74, 6) is -0.629. The van der Waals surface area contributed by atoms with E-state index >= 15 is 0 Å². The first kappa shape index (κ1) is 60.8. The Balaban J connectivity index is 0. The largest absolute Gasteiger partial charge is 0.481 e. The summed E-state index contributed by atoms with van der Waals surface area (Å²) in [5.41, 5.74) is 0. The van der Waals surface area contributed by atoms with Crippen molar-refractivity contribution in [3.63, 3.8) is 0 Å². The van der Waals surface area contributed by atoms with Gasteiger partial charge in [-0.3, -0.25) is 9.59 Å². The summed E-state index contributed by atoms with van der Waals surface area (Å²) in [7, 11) is 0. The summed E-state index contributed by atoms with van der Waals surface area (Å²) in [6.45, 7) is 7.47. The van der Waals surface area contributed by atoms with E-state index in [-0.39, 0.29) is 5.97 Å². The highest BCUT2D eigenvalue weighted by atomic mass is 16.5. The third-order valence-corrected chi connectivity index (χ3v) is 12.4. The van der Waals surface area contributed by atoms with Gasteiger partial charge in [-0.15, -0.1) is 0 Å². The van der Waals surface area contributed by atoms with Crippen molar-refractivity contribution in [1.29, 1.82) is 0 Å². The van der Waals surface area contributed by atoms with Crippen LogP contribution in [0.2, 0.25) is 0 Å². The van der Waals surface area contributed by atoms with E-state index in [2.05, 4.69) is 32.9 Å². The molecule has 0 aliphatic carbocycles. The maximum atomic E-state index is 11.9. The Morgan fingerprint density at radius 1 is 0.317 bits per heavy atom. The molecule has 0 saturated heterocycles. The van der Waals surface area contributed by atoms with Gasteiger partial charge in [-0.05, 0) is 44.9 Å². The molecule has 358 valence electrons. The predicted octanol–water partition coefficient (Wildman–Crippen LogP) is 19.9. The Morgan fingerprint density at radius 2 is 0.550 bits per heavy atom. The molecule has 0 saturated carbocycles. The van der Waals surface area contributed by atoms with Crippen molar-refractivity contribution in [1.82, 2.24) is 0 Å². The minimum absolute atomic E-state index is 0.0238. The molecule has 0 radical (unpaired) electrons. The summed E-state index contributed by atoms with van der Waals surface area (Å²) in [6, 6.07) is 0. The van der Waals surface area contributed by atoms with E-state index in [1.165, 1.54) is 270 Å². The molecule has 4 nitrogen and oxygen atoms in total. The first-order valence-electron chi connectivity index (χ1n) is 27.6. The van der Waals surface area contributed by atoms with Gasteiger partial charge < -0.3 is 9.84 Å². The average molecular weight is 847 g/mol. The van der Waals surface area contributed by atoms with Crippen molar-refractivity contribution in [2.24, 2.45) is 0 Å². The fourth-order valence-electron chi connectivity index (χ4n) is 8.25. The van der Waals surface area contributed by atoms with Crippen LogP contribution in [0.5, 0.6) is 0 Å². The van der Waals surface area contributed by atoms with Gasteiger partial charge in [-0.25, -0.2) is 0 Å². The van der Waals surface area contributed by atoms with Gasteiger partial charge in [0.05, 0.1) is 6.61 Å². The second-order valence-electron chi connectivity index (χ2n) is 18.7. The lowest BCUT2D eigenvalue weighted by Gasteiger charge is -2.06. The maximum absolute atomic E-state index is 11.9. The Kier molecular flexibility index (Phi) is 58.4. The molecule has 0 aliphatic heterocycles. The van der Waals surface area contributed by atoms with Crippen LogP contribution in [-0.2, 0) is 14.3 Å². The molecule has 4 heteroatoms. The molecular formula is C56H110O4. The molecule has 0 amide bonds. The van der Waals surface area contributed by atoms with Crippen molar-refractivity contribution >= 4 is 11.9 Å². The number of rotatable bonds is 50. The molecule has 1 N–H and O–H groups in total. The topological polar surface area (TPSA) is 63.6 Å². The third-order valence-electron chi connectivity index (χ3n) is 12.4. The predicted molar refractivity (Wildman–Crippen MR) is 266 cm³/mol. The molecule has 0 aromatic carbocycles. The summed E-state index contributed by atoms with van der Waals surface area (Å²) < 4.78 is 5.44. The van der Waals surface area contributed by atoms with Crippen molar-refractivity contribution < 1.29 is 19.4 Å². The summed E-state index contributed by atoms with van der Waals surface area (Å²) >= 11 is 0. The third kappa shape index (κ3) is 61.0. The van der Waals surface area contributed by atoms with E-state index in [0.29, 0.717) is 19.4 Å². The second kappa shape index (κ2) is 57.7. The monoisotopic (exact) mass is 847 g/mol. The quantitative estimate of drug-likeness (QED) is 0.0376. The van der Waals surface area contributed by atoms with Crippen LogP contribution in [0, 0.1) is 0 Å². The molecule has 0 spiro atoms. The minimum atomic E-state index is -0.653. The standard InChI is InChI=1S/C38H74O2.C18H36O2/c1-3-5-7-9-11-13-15-17-19-20-21-22-23-24-26-28-30-32-34-36-38(39)40-37-35-33-31-29-27-25-18-16-14-12-10-8-6-4-2;1-2-3-4-5-6-7-8-9-10-11-12-13-14-15-16-17-18(19)20/h17,19H,3-16,18,20-37H2,1-2H3;2-17H2,1H3,(H,19,20)/b19-17-;. The van der Waals surface area contributed by atoms with Gasteiger partial charge in [0.2, 0.25) is 0 Å². The summed E-state index contributed by atoms with van der Waals surface area (Å²) in [6.07, 6.45) is 67.3. The smallest absolute Gasteiger partial charge is 0.305 e. The van der Waals surface area contributed by atoms with Gasteiger partial charge in [0.1, 0.15) is 0 Å². The van der Waals surface area contributed by atoms with Crippen molar-refractivity contribution in [3.8, 4) is 0 Å². The number of carboxylic acids is 1. The fourth-order valence-corrected chi connectivity index (χ4v) is 8.25. The molecule has 0 unspecified atom stereocenters. The number of carbonyl (C=O) groups excluding carboxylic acids is 1. The van der Waals surface area contributed by atoms with Crippen LogP contribution in [-0.4, -0.2) is 23.7 Å². The van der Waals surface area contributed by atoms with Crippen LogP contribution >= 0.6 is 0 Å². The first-order valence-corrected chi connectivity index (χ1v) is 27.6. The lowest BCUT2D eigenvalue weighted by molar-refractivity contribution is -0.144. The van der Waals surface area contributed by atoms with E-state index < -0.39 is 5.97 Å². The zero-order valence-electron chi connectivity index (χ0n) is 41.5. The van der Waals surface area contributed by atoms with E-state index in [9.17, 15) is 9.59 Å². The average Bonchev–Trinajstić information content (AvgIpc) is 3.24. The van der Waals surface area contributed by atoms with Crippen LogP contribution in [0.15, 0.2) is 12.2 Å². The van der Waals surface area contributed by atoms with Crippen molar-refractivity contribution in [2.45, 2.75) is 329 Å². The SMILES string of the molecule is CCCCCCCC/C=C\CCCCCCCCCCCC(=O)OCCCCCCCCCCCCCCCC.CCCCCCCCCCCCCCCCCC(=O)O. The second-order valence-corrected chi connectivity index (χ2v) is 18.7. The van der Waals surface area contributed by atoms with E-state index in [4.69, 9.17) is 9.84 Å². The molecule has 0 aromatic heterocycles. The zero-order valence-corrected chi connectivity index (χ0v) is 41.5. The first-order chi connectivity index (χ1) is 29.6. The molecule has 0 aliphatic rings. The highest BCUT2D eigenvalue weighted by molar-refractivity contribution is 5.69. The van der Waals surface area contributed by atoms with Crippen LogP contribution < -0.4 is 0 Å². The molecular weight excluding hydrogens is 737 g/mol. The van der Waals surface area contributed by atoms with Gasteiger partial charge in [-0.1, -0.05) is 283 Å². The van der Waals surface area contributed by atoms with Gasteiger partial charge in [-0.2, -0.15) is 0 Å². The molecule has 0 fully saturated rings. The number of hydrogen-bond donors (Lipinski definition) is 1. The van der Waals surface area contributed by atoms with E-state index in [0.717, 1.165) is 25.7 Å². The van der Waals surface area contributed by atoms with Crippen molar-refractivity contribution in [2.75, 3.05) is 6.61 Å². The maximum Gasteiger partial charge on any atom is 0.305 e. The van der Waals surface area contributed by atoms with Gasteiger partial charge >= 0.3 is 11.9 Å². The number of aliphatic carboxylic acids is 1. The van der Waals surface area contributed by atoms with Gasteiger partial charge in [0, 0.05) is 12.8 Å². The highest BCUT2D eigenvalue weighted by Crippen LogP contribution is 2.16. The van der Waals surface area contributed by atoms with Crippen LogP contribution in [0.3, 0.4) is 0 Å². The van der Waals surface area contributed by atoms with E-state index in [1.807, 2.05) is 0 Å². The molecule has 0 rings (SSSR count). The lowest BCUT2D eigenvalue weighted by atomic mass is 10.0. The number of unbranched alkanes of at least 4 members (excludes halogenated alkanes) is 42. The Hall–Kier alpha value is -1.32. The molecule has 60 heavy (non-hydrogen) atoms. The van der Waals surface area contributed by atoms with E-state index in [1.54, 1.807) is 0 Å². The zero-order chi connectivity index (χ0) is 43.9. The number of ether oxygens (including phenoxy) is 1. The highest BCUT2D eigenvalue weighted by Gasteiger charge is 2.03. The summed E-state index contributed by atoms with van der Waals surface area (Å²) in [4.78, 5) is 22.3. The fraction of sp³-hybridized carbons (Fsp3) is 0.929. The van der Waals surface area contributed by atoms with Gasteiger partial charge in [0.15, 0.2) is 0 Å². The Labute approximate surface area is 377 Å². The summed E-state index contributed by atoms with van der Waals surface area (Å²) in [5, 5.41) is 8.52. The van der Waals surface area contributed by atoms with Crippen LogP contribution in [0.25, 0.3) is 0 Å². The number of carbonyl (C=O) groups is 2.